The fourth-order valence-corrected chi connectivity index (χ4v) is 3.32. The summed E-state index contributed by atoms with van der Waals surface area (Å²) in [6, 6.07) is 9.30. The Morgan fingerprint density at radius 3 is 2.49 bits per heavy atom. The molecule has 0 fully saturated rings. The highest BCUT2D eigenvalue weighted by Crippen LogP contribution is 2.21. The highest BCUT2D eigenvalue weighted by atomic mass is 19.1. The van der Waals surface area contributed by atoms with Crippen LogP contribution < -0.4 is 5.32 Å². The number of amides is 1. The largest absolute Gasteiger partial charge is 0.456 e. The van der Waals surface area contributed by atoms with Gasteiger partial charge in [-0.3, -0.25) is 9.59 Å². The van der Waals surface area contributed by atoms with Crippen molar-refractivity contribution in [3.63, 3.8) is 0 Å². The lowest BCUT2D eigenvalue weighted by molar-refractivity contribution is -0.147. The number of ether oxygens (including phenoxy) is 1. The number of nitrogens with zero attached hydrogens (tertiary/aromatic N) is 5. The Morgan fingerprint density at radius 1 is 1.06 bits per heavy atom. The van der Waals surface area contributed by atoms with E-state index >= 15 is 0 Å². The summed E-state index contributed by atoms with van der Waals surface area (Å²) in [5.74, 6) is 0.0301. The van der Waals surface area contributed by atoms with Crippen LogP contribution in [0, 0.1) is 26.6 Å². The molecule has 1 N–H and O–H groups in total. The summed E-state index contributed by atoms with van der Waals surface area (Å²) < 4.78 is 25.2. The minimum Gasteiger partial charge on any atom is -0.456 e. The van der Waals surface area contributed by atoms with E-state index in [9.17, 15) is 14.0 Å². The molecule has 1 aromatic carbocycles. The maximum absolute atomic E-state index is 13.1. The smallest absolute Gasteiger partial charge is 0.306 e. The minimum absolute atomic E-state index is 0.0237. The third-order valence-electron chi connectivity index (χ3n) is 4.85. The molecule has 180 valence electrons. The van der Waals surface area contributed by atoms with E-state index in [1.54, 1.807) is 25.1 Å². The van der Waals surface area contributed by atoms with E-state index in [1.807, 2.05) is 19.9 Å². The Labute approximate surface area is 200 Å². The molecule has 0 aliphatic rings. The van der Waals surface area contributed by atoms with Crippen LogP contribution in [0.1, 0.15) is 29.4 Å². The highest BCUT2D eigenvalue weighted by molar-refractivity contribution is 5.92. The van der Waals surface area contributed by atoms with Crippen LogP contribution in [0.25, 0.3) is 17.3 Å². The fraction of sp³-hybridized carbons (Fsp3) is 0.250. The van der Waals surface area contributed by atoms with Gasteiger partial charge in [-0.05, 0) is 51.1 Å². The number of hydrogen-bond donors (Lipinski definition) is 1. The molecule has 4 rings (SSSR count). The van der Waals surface area contributed by atoms with E-state index in [4.69, 9.17) is 9.15 Å². The molecular weight excluding hydrogens is 455 g/mol. The van der Waals surface area contributed by atoms with Gasteiger partial charge in [0.2, 0.25) is 0 Å². The van der Waals surface area contributed by atoms with Crippen LogP contribution in [0.4, 0.5) is 10.2 Å². The van der Waals surface area contributed by atoms with Crippen LogP contribution in [0.2, 0.25) is 0 Å². The lowest BCUT2D eigenvalue weighted by Crippen LogP contribution is -2.23. The first-order valence-corrected chi connectivity index (χ1v) is 10.8. The number of carbonyl (C=O) groups is 2. The molecule has 4 aromatic rings. The molecule has 11 heteroatoms. The molecule has 0 radical (unpaired) electrons. The van der Waals surface area contributed by atoms with Gasteiger partial charge < -0.3 is 14.5 Å². The van der Waals surface area contributed by atoms with Crippen molar-refractivity contribution in [1.82, 2.24) is 24.7 Å². The van der Waals surface area contributed by atoms with Crippen molar-refractivity contribution in [2.24, 2.45) is 0 Å². The number of benzene rings is 1. The van der Waals surface area contributed by atoms with Crippen molar-refractivity contribution in [1.29, 1.82) is 0 Å². The number of esters is 1. The van der Waals surface area contributed by atoms with E-state index in [0.29, 0.717) is 34.7 Å². The zero-order valence-corrected chi connectivity index (χ0v) is 19.4. The molecule has 35 heavy (non-hydrogen) atoms. The number of anilines is 1. The summed E-state index contributed by atoms with van der Waals surface area (Å²) >= 11 is 0. The van der Waals surface area contributed by atoms with Gasteiger partial charge in [0.1, 0.15) is 11.6 Å². The predicted octanol–water partition coefficient (Wildman–Crippen LogP) is 3.50. The summed E-state index contributed by atoms with van der Waals surface area (Å²) in [4.78, 5) is 37.3. The standard InChI is InChI=1S/C24H23FN6O4/c1-14-10-15(2)28-24(27-14)31-20(11-16(3)30-31)29-21(32)13-34-23(33)9-8-22-26-12-19(35-22)17-4-6-18(25)7-5-17/h4-7,10-12H,8-9,13H2,1-3H3,(H,29,32). The monoisotopic (exact) mass is 478 g/mol. The molecule has 10 nitrogen and oxygen atoms in total. The lowest BCUT2D eigenvalue weighted by Gasteiger charge is -2.09. The number of rotatable bonds is 8. The first-order valence-electron chi connectivity index (χ1n) is 10.8. The molecule has 3 aromatic heterocycles. The molecule has 0 bridgehead atoms. The van der Waals surface area contributed by atoms with E-state index in [2.05, 4.69) is 25.4 Å². The minimum atomic E-state index is -0.580. The van der Waals surface area contributed by atoms with Crippen molar-refractivity contribution in [2.45, 2.75) is 33.6 Å². The van der Waals surface area contributed by atoms with E-state index < -0.39 is 18.5 Å². The van der Waals surface area contributed by atoms with Crippen LogP contribution in [-0.4, -0.2) is 43.2 Å². The molecule has 0 atom stereocenters. The number of aryl methyl sites for hydroxylation is 4. The second-order valence-corrected chi connectivity index (χ2v) is 7.87. The quantitative estimate of drug-likeness (QED) is 0.382. The first kappa shape index (κ1) is 23.7. The van der Waals surface area contributed by atoms with Crippen molar-refractivity contribution >= 4 is 17.7 Å². The normalized spacial score (nSPS) is 10.9. The van der Waals surface area contributed by atoms with Gasteiger partial charge in [0.05, 0.1) is 18.3 Å². The molecule has 0 unspecified atom stereocenters. The summed E-state index contributed by atoms with van der Waals surface area (Å²) in [5, 5.41) is 7.01. The second-order valence-electron chi connectivity index (χ2n) is 7.87. The number of nitrogens with one attached hydrogen (secondary N) is 1. The Bertz CT molecular complexity index is 1340. The van der Waals surface area contributed by atoms with Gasteiger partial charge in [0.15, 0.2) is 18.3 Å². The van der Waals surface area contributed by atoms with Crippen LogP contribution >= 0.6 is 0 Å². The Kier molecular flexibility index (Phi) is 6.95. The number of carbonyl (C=O) groups excluding carboxylic acids is 2. The van der Waals surface area contributed by atoms with Crippen molar-refractivity contribution < 1.29 is 23.1 Å². The maximum atomic E-state index is 13.1. The van der Waals surface area contributed by atoms with Gasteiger partial charge in [-0.1, -0.05) is 0 Å². The highest BCUT2D eigenvalue weighted by Gasteiger charge is 2.16. The zero-order valence-electron chi connectivity index (χ0n) is 19.4. The topological polar surface area (TPSA) is 125 Å². The fourth-order valence-electron chi connectivity index (χ4n) is 3.32. The Balaban J connectivity index is 1.29. The summed E-state index contributed by atoms with van der Waals surface area (Å²) in [6.07, 6.45) is 1.67. The van der Waals surface area contributed by atoms with E-state index in [-0.39, 0.29) is 18.7 Å². The molecule has 0 saturated heterocycles. The van der Waals surface area contributed by atoms with Crippen LogP contribution in [0.3, 0.4) is 0 Å². The van der Waals surface area contributed by atoms with Crippen LogP contribution in [-0.2, 0) is 20.7 Å². The zero-order chi connectivity index (χ0) is 24.9. The molecule has 3 heterocycles. The van der Waals surface area contributed by atoms with Gasteiger partial charge in [-0.15, -0.1) is 0 Å². The van der Waals surface area contributed by atoms with E-state index in [0.717, 1.165) is 11.4 Å². The van der Waals surface area contributed by atoms with Crippen molar-refractivity contribution in [3.8, 4) is 17.3 Å². The number of oxazole rings is 1. The summed E-state index contributed by atoms with van der Waals surface area (Å²) in [6.45, 7) is 4.99. The van der Waals surface area contributed by atoms with Gasteiger partial charge in [-0.25, -0.2) is 19.3 Å². The third-order valence-corrected chi connectivity index (χ3v) is 4.85. The first-order chi connectivity index (χ1) is 16.8. The van der Waals surface area contributed by atoms with Gasteiger partial charge in [-0.2, -0.15) is 9.78 Å². The Morgan fingerprint density at radius 2 is 1.77 bits per heavy atom. The third kappa shape index (κ3) is 6.14. The van der Waals surface area contributed by atoms with E-state index in [1.165, 1.54) is 23.0 Å². The average Bonchev–Trinajstić information content (AvgIpc) is 3.42. The lowest BCUT2D eigenvalue weighted by atomic mass is 10.2. The predicted molar refractivity (Wildman–Crippen MR) is 123 cm³/mol. The molecule has 0 aliphatic heterocycles. The molecule has 0 saturated carbocycles. The SMILES string of the molecule is Cc1cc(C)nc(-n2nc(C)cc2NC(=O)COC(=O)CCc2ncc(-c3ccc(F)cc3)o2)n1. The van der Waals surface area contributed by atoms with Gasteiger partial charge in [0.25, 0.3) is 11.9 Å². The Hall–Kier alpha value is -4.41. The number of aromatic nitrogens is 5. The maximum Gasteiger partial charge on any atom is 0.306 e. The van der Waals surface area contributed by atoms with Gasteiger partial charge >= 0.3 is 5.97 Å². The second kappa shape index (κ2) is 10.2. The molecule has 0 aliphatic carbocycles. The van der Waals surface area contributed by atoms with Gasteiger partial charge in [0, 0.05) is 29.4 Å². The number of halogens is 1. The summed E-state index contributed by atoms with van der Waals surface area (Å²) in [5.41, 5.74) is 2.86. The van der Waals surface area contributed by atoms with Crippen LogP contribution in [0.5, 0.6) is 0 Å². The van der Waals surface area contributed by atoms with Crippen molar-refractivity contribution in [2.75, 3.05) is 11.9 Å². The molecular formula is C24H23FN6O4. The summed E-state index contributed by atoms with van der Waals surface area (Å²) in [7, 11) is 0. The molecule has 1 amide bonds. The van der Waals surface area contributed by atoms with Crippen LogP contribution in [0.15, 0.2) is 47.0 Å². The number of hydrogen-bond acceptors (Lipinski definition) is 8. The van der Waals surface area contributed by atoms with Crippen molar-refractivity contribution in [3.05, 3.63) is 71.4 Å². The molecule has 0 spiro atoms. The average molecular weight is 478 g/mol.